The van der Waals surface area contributed by atoms with Crippen molar-refractivity contribution in [3.8, 4) is 11.3 Å². The molecular formula is C14H10ClFN4. The molecule has 4 nitrogen and oxygen atoms in total. The monoisotopic (exact) mass is 288 g/mol. The predicted molar refractivity (Wildman–Crippen MR) is 75.0 cm³/mol. The maximum absolute atomic E-state index is 14.1. The van der Waals surface area contributed by atoms with Crippen molar-refractivity contribution in [2.45, 2.75) is 13.8 Å². The van der Waals surface area contributed by atoms with E-state index >= 15 is 0 Å². The number of aryl methyl sites for hydroxylation is 2. The van der Waals surface area contributed by atoms with Gasteiger partial charge in [-0.1, -0.05) is 6.07 Å². The normalized spacial score (nSPS) is 11.0. The average Bonchev–Trinajstić information content (AvgIpc) is 2.37. The molecule has 6 heteroatoms. The predicted octanol–water partition coefficient (Wildman–Crippen LogP) is 3.50. The Morgan fingerprint density at radius 1 is 1.10 bits per heavy atom. The fourth-order valence-corrected chi connectivity index (χ4v) is 2.13. The zero-order valence-electron chi connectivity index (χ0n) is 10.9. The summed E-state index contributed by atoms with van der Waals surface area (Å²) in [6, 6.07) is 4.91. The number of hydrogen-bond acceptors (Lipinski definition) is 4. The van der Waals surface area contributed by atoms with E-state index in [9.17, 15) is 4.39 Å². The van der Waals surface area contributed by atoms with Crippen molar-refractivity contribution in [1.29, 1.82) is 0 Å². The summed E-state index contributed by atoms with van der Waals surface area (Å²) in [5.74, 6) is -0.372. The van der Waals surface area contributed by atoms with Crippen LogP contribution in [0.25, 0.3) is 22.4 Å². The molecule has 0 atom stereocenters. The molecule has 3 rings (SSSR count). The van der Waals surface area contributed by atoms with Crippen molar-refractivity contribution in [3.63, 3.8) is 0 Å². The fourth-order valence-electron chi connectivity index (χ4n) is 1.97. The minimum Gasteiger partial charge on any atom is -0.249 e. The van der Waals surface area contributed by atoms with Crippen molar-refractivity contribution in [2.75, 3.05) is 0 Å². The SMILES string of the molecule is Cc1ccc(-c2nc(Cl)nc3nc(C)cnc23)c(F)c1. The summed E-state index contributed by atoms with van der Waals surface area (Å²) in [5.41, 5.74) is 3.02. The molecule has 2 heterocycles. The molecule has 0 aliphatic heterocycles. The quantitative estimate of drug-likeness (QED) is 0.643. The third-order valence-corrected chi connectivity index (χ3v) is 3.05. The van der Waals surface area contributed by atoms with Crippen LogP contribution in [0.5, 0.6) is 0 Å². The molecule has 0 amide bonds. The van der Waals surface area contributed by atoms with Crippen LogP contribution in [-0.4, -0.2) is 19.9 Å². The Labute approximate surface area is 119 Å². The van der Waals surface area contributed by atoms with Crippen molar-refractivity contribution >= 4 is 22.8 Å². The number of hydrogen-bond donors (Lipinski definition) is 0. The number of fused-ring (bicyclic) bond motifs is 1. The van der Waals surface area contributed by atoms with Gasteiger partial charge in [0.25, 0.3) is 0 Å². The second-order valence-corrected chi connectivity index (χ2v) is 4.85. The average molecular weight is 289 g/mol. The molecule has 0 N–H and O–H groups in total. The van der Waals surface area contributed by atoms with Gasteiger partial charge in [0.05, 0.1) is 5.69 Å². The molecule has 3 aromatic rings. The van der Waals surface area contributed by atoms with Crippen molar-refractivity contribution in [1.82, 2.24) is 19.9 Å². The van der Waals surface area contributed by atoms with Gasteiger partial charge in [-0.2, -0.15) is 4.98 Å². The van der Waals surface area contributed by atoms with Crippen LogP contribution in [0.1, 0.15) is 11.3 Å². The zero-order chi connectivity index (χ0) is 14.3. The summed E-state index contributed by atoms with van der Waals surface area (Å²) in [4.78, 5) is 16.6. The Morgan fingerprint density at radius 3 is 2.65 bits per heavy atom. The van der Waals surface area contributed by atoms with Gasteiger partial charge < -0.3 is 0 Å². The summed E-state index contributed by atoms with van der Waals surface area (Å²) in [7, 11) is 0. The molecule has 0 saturated heterocycles. The number of nitrogens with zero attached hydrogens (tertiary/aromatic N) is 4. The van der Waals surface area contributed by atoms with Gasteiger partial charge in [0, 0.05) is 11.8 Å². The molecule has 20 heavy (non-hydrogen) atoms. The van der Waals surface area contributed by atoms with Gasteiger partial charge in [-0.3, -0.25) is 0 Å². The highest BCUT2D eigenvalue weighted by Crippen LogP contribution is 2.27. The van der Waals surface area contributed by atoms with Crippen LogP contribution in [0.15, 0.2) is 24.4 Å². The summed E-state index contributed by atoms with van der Waals surface area (Å²) >= 11 is 5.90. The maximum atomic E-state index is 14.1. The lowest BCUT2D eigenvalue weighted by molar-refractivity contribution is 0.629. The molecule has 0 aliphatic rings. The van der Waals surface area contributed by atoms with Gasteiger partial charge in [-0.05, 0) is 43.1 Å². The lowest BCUT2D eigenvalue weighted by atomic mass is 10.1. The number of benzene rings is 1. The lowest BCUT2D eigenvalue weighted by Crippen LogP contribution is -1.98. The van der Waals surface area contributed by atoms with Gasteiger partial charge >= 0.3 is 0 Å². The van der Waals surface area contributed by atoms with Crippen molar-refractivity contribution < 1.29 is 4.39 Å². The van der Waals surface area contributed by atoms with E-state index in [4.69, 9.17) is 11.6 Å². The Balaban J connectivity index is 2.35. The van der Waals surface area contributed by atoms with Crippen LogP contribution in [0.2, 0.25) is 5.28 Å². The first-order valence-corrected chi connectivity index (χ1v) is 6.36. The van der Waals surface area contributed by atoms with Gasteiger partial charge in [-0.15, -0.1) is 0 Å². The Kier molecular flexibility index (Phi) is 3.06. The molecule has 0 fully saturated rings. The molecule has 0 bridgehead atoms. The Morgan fingerprint density at radius 2 is 1.90 bits per heavy atom. The summed E-state index contributed by atoms with van der Waals surface area (Å²) in [6.07, 6.45) is 1.59. The third kappa shape index (κ3) is 2.20. The standard InChI is InChI=1S/C14H10ClFN4/c1-7-3-4-9(10(16)5-7)11-12-13(20-14(15)19-11)18-8(2)6-17-12/h3-6H,1-2H3. The molecule has 2 aromatic heterocycles. The number of aromatic nitrogens is 4. The number of halogens is 2. The van der Waals surface area contributed by atoms with E-state index in [0.29, 0.717) is 28.1 Å². The number of rotatable bonds is 1. The van der Waals surface area contributed by atoms with E-state index in [1.54, 1.807) is 19.2 Å². The van der Waals surface area contributed by atoms with Crippen molar-refractivity contribution in [3.05, 3.63) is 46.8 Å². The fraction of sp³-hybridized carbons (Fsp3) is 0.143. The minimum absolute atomic E-state index is 0.0207. The molecule has 1 aromatic carbocycles. The van der Waals surface area contributed by atoms with Crippen LogP contribution in [-0.2, 0) is 0 Å². The van der Waals surface area contributed by atoms with Crippen molar-refractivity contribution in [2.24, 2.45) is 0 Å². The van der Waals surface area contributed by atoms with E-state index < -0.39 is 0 Å². The maximum Gasteiger partial charge on any atom is 0.225 e. The van der Waals surface area contributed by atoms with Gasteiger partial charge in [0.15, 0.2) is 5.65 Å². The molecular weight excluding hydrogens is 279 g/mol. The first-order chi connectivity index (χ1) is 9.54. The smallest absolute Gasteiger partial charge is 0.225 e. The first kappa shape index (κ1) is 12.9. The molecule has 100 valence electrons. The van der Waals surface area contributed by atoms with Crippen LogP contribution >= 0.6 is 11.6 Å². The largest absolute Gasteiger partial charge is 0.249 e. The van der Waals surface area contributed by atoms with Crippen LogP contribution in [0, 0.1) is 19.7 Å². The highest BCUT2D eigenvalue weighted by Gasteiger charge is 2.15. The lowest BCUT2D eigenvalue weighted by Gasteiger charge is -2.07. The van der Waals surface area contributed by atoms with Crippen LogP contribution in [0.4, 0.5) is 4.39 Å². The molecule has 0 saturated carbocycles. The van der Waals surface area contributed by atoms with E-state index in [0.717, 1.165) is 5.56 Å². The molecule has 0 radical (unpaired) electrons. The highest BCUT2D eigenvalue weighted by atomic mass is 35.5. The first-order valence-electron chi connectivity index (χ1n) is 5.98. The second kappa shape index (κ2) is 4.76. The van der Waals surface area contributed by atoms with E-state index in [-0.39, 0.29) is 11.1 Å². The zero-order valence-corrected chi connectivity index (χ0v) is 11.6. The summed E-state index contributed by atoms with van der Waals surface area (Å²) < 4.78 is 14.1. The van der Waals surface area contributed by atoms with Gasteiger partial charge in [-0.25, -0.2) is 19.3 Å². The Hall–Kier alpha value is -2.14. The van der Waals surface area contributed by atoms with E-state index in [1.807, 2.05) is 13.0 Å². The van der Waals surface area contributed by atoms with E-state index in [2.05, 4.69) is 19.9 Å². The Bertz CT molecular complexity index is 814. The van der Waals surface area contributed by atoms with Crippen LogP contribution < -0.4 is 0 Å². The third-order valence-electron chi connectivity index (χ3n) is 2.88. The van der Waals surface area contributed by atoms with Gasteiger partial charge in [0.1, 0.15) is 17.0 Å². The summed E-state index contributed by atoms with van der Waals surface area (Å²) in [6.45, 7) is 3.62. The molecule has 0 aliphatic carbocycles. The van der Waals surface area contributed by atoms with Crippen LogP contribution in [0.3, 0.4) is 0 Å². The van der Waals surface area contributed by atoms with Gasteiger partial charge in [0.2, 0.25) is 5.28 Å². The minimum atomic E-state index is -0.372. The van der Waals surface area contributed by atoms with E-state index in [1.165, 1.54) is 6.07 Å². The highest BCUT2D eigenvalue weighted by molar-refractivity contribution is 6.28. The second-order valence-electron chi connectivity index (χ2n) is 4.51. The molecule has 0 unspecified atom stereocenters. The summed E-state index contributed by atoms with van der Waals surface area (Å²) in [5, 5.41) is 0.0207. The topological polar surface area (TPSA) is 51.6 Å². The molecule has 0 spiro atoms.